The number of nitrogens with zero attached hydrogens (tertiary/aromatic N) is 5. The highest BCUT2D eigenvalue weighted by atomic mass is 16.6. The van der Waals surface area contributed by atoms with Gasteiger partial charge in [-0.15, -0.1) is 0 Å². The van der Waals surface area contributed by atoms with Gasteiger partial charge >= 0.3 is 12.2 Å². The first-order valence-corrected chi connectivity index (χ1v) is 21.5. The van der Waals surface area contributed by atoms with E-state index in [1.807, 2.05) is 6.20 Å². The predicted octanol–water partition coefficient (Wildman–Crippen LogP) is 5.20. The molecule has 4 aliphatic heterocycles. The van der Waals surface area contributed by atoms with Crippen molar-refractivity contribution in [3.63, 3.8) is 0 Å². The van der Waals surface area contributed by atoms with Gasteiger partial charge in [0.2, 0.25) is 17.8 Å². The normalized spacial score (nSPS) is 20.9. The Morgan fingerprint density at radius 1 is 0.738 bits per heavy atom. The number of imidazole rings is 1. The zero-order valence-electron chi connectivity index (χ0n) is 34.8. The minimum Gasteiger partial charge on any atom is -0.446 e. The van der Waals surface area contributed by atoms with E-state index in [9.17, 15) is 19.2 Å². The molecule has 6 heterocycles. The largest absolute Gasteiger partial charge is 0.446 e. The number of hydrogen-bond acceptors (Lipinski definition) is 12. The molecule has 0 spiro atoms. The molecule has 2 aromatic carbocycles. The maximum Gasteiger partial charge on any atom is 0.408 e. The number of carbonyl (C=O) groups excluding carboxylic acids is 4. The molecule has 4 amide bonds. The van der Waals surface area contributed by atoms with E-state index in [0.717, 1.165) is 58.2 Å². The minimum atomic E-state index is -0.732. The zero-order chi connectivity index (χ0) is 42.3. The monoisotopic (exact) mass is 837 g/mol. The Bertz CT molecular complexity index is 2170. The third-order valence-electron chi connectivity index (χ3n) is 12.0. The number of carbonyl (C=O) groups is 4. The standard InChI is InChI=1S/C44H55N9O8/c1-27(49-43(56)60-35-10-16-58-17-11-35)40(54)52-15-9-29(26-52)22-46-42-47-23-34(24-48-42)32-6-5-31-21-33(8-7-30(31)20-32)37-25-45-39(51-37)38-4-3-14-53(38)41(55)28(2)50-44(57)61-36-12-18-59-19-13-36/h5-8,20-21,23-25,27-29,35-36,38H,3-4,9-19,22,26H2,1-2H3,(H,45,51)(H,49,56)(H,50,57)(H,46,47,48)/t27-,28+,29-,38+/m1/s1. The van der Waals surface area contributed by atoms with Crippen molar-refractivity contribution in [1.82, 2.24) is 40.4 Å². The summed E-state index contributed by atoms with van der Waals surface area (Å²) in [5, 5.41) is 10.9. The van der Waals surface area contributed by atoms with Gasteiger partial charge in [0, 0.05) is 75.4 Å². The van der Waals surface area contributed by atoms with E-state index >= 15 is 0 Å². The van der Waals surface area contributed by atoms with Gasteiger partial charge < -0.3 is 49.7 Å². The molecule has 2 aromatic heterocycles. The van der Waals surface area contributed by atoms with E-state index in [-0.39, 0.29) is 36.0 Å². The third-order valence-corrected chi connectivity index (χ3v) is 12.0. The summed E-state index contributed by atoms with van der Waals surface area (Å²) >= 11 is 0. The van der Waals surface area contributed by atoms with Crippen molar-refractivity contribution in [2.45, 2.75) is 89.1 Å². The first-order valence-electron chi connectivity index (χ1n) is 21.5. The van der Waals surface area contributed by atoms with Gasteiger partial charge in [-0.3, -0.25) is 9.59 Å². The number of anilines is 1. The molecule has 4 fully saturated rings. The number of fused-ring (bicyclic) bond motifs is 1. The maximum absolute atomic E-state index is 13.5. The third kappa shape index (κ3) is 10.4. The van der Waals surface area contributed by atoms with Crippen LogP contribution in [0.5, 0.6) is 0 Å². The van der Waals surface area contributed by atoms with Crippen LogP contribution in [0.2, 0.25) is 0 Å². The molecule has 324 valence electrons. The molecular weight excluding hydrogens is 783 g/mol. The van der Waals surface area contributed by atoms with Crippen molar-refractivity contribution >= 4 is 40.7 Å². The topological polar surface area (TPSA) is 202 Å². The Kier molecular flexibility index (Phi) is 13.2. The average Bonchev–Trinajstić information content (AvgIpc) is 4.08. The number of alkyl carbamates (subject to hydrolysis) is 2. The summed E-state index contributed by atoms with van der Waals surface area (Å²) in [5.74, 6) is 1.18. The summed E-state index contributed by atoms with van der Waals surface area (Å²) < 4.78 is 21.6. The molecule has 4 N–H and O–H groups in total. The van der Waals surface area contributed by atoms with Crippen molar-refractivity contribution in [2.24, 2.45) is 5.92 Å². The first-order chi connectivity index (χ1) is 29.7. The second kappa shape index (κ2) is 19.3. The summed E-state index contributed by atoms with van der Waals surface area (Å²) in [7, 11) is 0. The number of likely N-dealkylation sites (tertiary alicyclic amines) is 2. The fourth-order valence-corrected chi connectivity index (χ4v) is 8.52. The minimum absolute atomic E-state index is 0.123. The Balaban J connectivity index is 0.813. The van der Waals surface area contributed by atoms with Gasteiger partial charge in [-0.25, -0.2) is 24.5 Å². The van der Waals surface area contributed by atoms with Gasteiger partial charge in [0.05, 0.1) is 44.4 Å². The highest BCUT2D eigenvalue weighted by Crippen LogP contribution is 2.33. The highest BCUT2D eigenvalue weighted by Gasteiger charge is 2.35. The molecule has 4 saturated heterocycles. The van der Waals surface area contributed by atoms with Crippen molar-refractivity contribution in [3.8, 4) is 22.4 Å². The number of amides is 4. The average molecular weight is 838 g/mol. The van der Waals surface area contributed by atoms with Gasteiger partial charge in [-0.1, -0.05) is 24.3 Å². The molecule has 61 heavy (non-hydrogen) atoms. The lowest BCUT2D eigenvalue weighted by atomic mass is 10.0. The molecule has 17 heteroatoms. The number of aromatic nitrogens is 4. The van der Waals surface area contributed by atoms with E-state index in [4.69, 9.17) is 23.9 Å². The summed E-state index contributed by atoms with van der Waals surface area (Å²) in [6.07, 6.45) is 8.98. The number of aromatic amines is 1. The van der Waals surface area contributed by atoms with Crippen LogP contribution in [0.3, 0.4) is 0 Å². The molecular formula is C44H55N9O8. The summed E-state index contributed by atoms with van der Waals surface area (Å²) in [6.45, 7) is 8.06. The Hall–Kier alpha value is -5.81. The Labute approximate surface area is 354 Å². The van der Waals surface area contributed by atoms with Crippen LogP contribution in [-0.2, 0) is 28.5 Å². The van der Waals surface area contributed by atoms with Crippen molar-refractivity contribution in [1.29, 1.82) is 0 Å². The fraction of sp³-hybridized carbons (Fsp3) is 0.523. The van der Waals surface area contributed by atoms with Crippen LogP contribution in [-0.4, -0.2) is 131 Å². The molecule has 0 radical (unpaired) electrons. The maximum atomic E-state index is 13.5. The number of benzene rings is 2. The van der Waals surface area contributed by atoms with E-state index in [0.29, 0.717) is 84.2 Å². The van der Waals surface area contributed by atoms with Gasteiger partial charge in [-0.05, 0) is 67.5 Å². The van der Waals surface area contributed by atoms with Crippen LogP contribution in [0.1, 0.15) is 70.7 Å². The van der Waals surface area contributed by atoms with E-state index in [2.05, 4.69) is 67.3 Å². The molecule has 0 unspecified atom stereocenters. The van der Waals surface area contributed by atoms with Crippen LogP contribution in [0.15, 0.2) is 55.0 Å². The Morgan fingerprint density at radius 3 is 2.00 bits per heavy atom. The van der Waals surface area contributed by atoms with Crippen LogP contribution in [0.4, 0.5) is 15.5 Å². The molecule has 4 aliphatic rings. The van der Waals surface area contributed by atoms with Crippen molar-refractivity contribution in [3.05, 3.63) is 60.8 Å². The molecule has 0 aliphatic carbocycles. The van der Waals surface area contributed by atoms with Gasteiger partial charge in [0.25, 0.3) is 0 Å². The molecule has 4 aromatic rings. The quantitative estimate of drug-likeness (QED) is 0.146. The van der Waals surface area contributed by atoms with Gasteiger partial charge in [0.15, 0.2) is 0 Å². The van der Waals surface area contributed by atoms with Crippen LogP contribution in [0.25, 0.3) is 33.2 Å². The van der Waals surface area contributed by atoms with Crippen LogP contribution < -0.4 is 16.0 Å². The lowest BCUT2D eigenvalue weighted by molar-refractivity contribution is -0.134. The number of nitrogens with one attached hydrogen (secondary N) is 4. The fourth-order valence-electron chi connectivity index (χ4n) is 8.52. The van der Waals surface area contributed by atoms with E-state index in [1.165, 1.54) is 0 Å². The second-order valence-electron chi connectivity index (χ2n) is 16.4. The van der Waals surface area contributed by atoms with Gasteiger partial charge in [-0.2, -0.15) is 0 Å². The van der Waals surface area contributed by atoms with Crippen LogP contribution in [0, 0.1) is 5.92 Å². The summed E-state index contributed by atoms with van der Waals surface area (Å²) in [6, 6.07) is 10.9. The van der Waals surface area contributed by atoms with Crippen LogP contribution >= 0.6 is 0 Å². The summed E-state index contributed by atoms with van der Waals surface area (Å²) in [5.41, 5.74) is 3.72. The number of H-pyrrole nitrogens is 1. The number of ether oxygens (including phenoxy) is 4. The second-order valence-corrected chi connectivity index (χ2v) is 16.4. The van der Waals surface area contributed by atoms with Crippen molar-refractivity contribution in [2.75, 3.05) is 57.9 Å². The van der Waals surface area contributed by atoms with Gasteiger partial charge in [0.1, 0.15) is 30.1 Å². The summed E-state index contributed by atoms with van der Waals surface area (Å²) in [4.78, 5) is 72.2. The molecule has 0 saturated carbocycles. The molecule has 4 atom stereocenters. The lowest BCUT2D eigenvalue weighted by Gasteiger charge is -2.27. The predicted molar refractivity (Wildman–Crippen MR) is 225 cm³/mol. The van der Waals surface area contributed by atoms with Crippen molar-refractivity contribution < 1.29 is 38.1 Å². The molecule has 8 rings (SSSR count). The van der Waals surface area contributed by atoms with E-state index < -0.39 is 24.3 Å². The van der Waals surface area contributed by atoms with E-state index in [1.54, 1.807) is 36.0 Å². The number of rotatable bonds is 12. The molecule has 0 bridgehead atoms. The SMILES string of the molecule is C[C@H](NC(=O)OC1CCOCC1)C(=O)N1CCC[C@H]1c1ncc(-c2ccc3cc(-c4cnc(NC[C@H]5CCN(C(=O)[C@@H](C)NC(=O)OC6CCOCC6)C5)nc4)ccc3c2)[nH]1. The Morgan fingerprint density at radius 2 is 1.34 bits per heavy atom. The zero-order valence-corrected chi connectivity index (χ0v) is 34.8. The lowest BCUT2D eigenvalue weighted by Crippen LogP contribution is -2.47. The first kappa shape index (κ1) is 41.9. The smallest absolute Gasteiger partial charge is 0.408 e. The highest BCUT2D eigenvalue weighted by molar-refractivity contribution is 5.90. The molecule has 17 nitrogen and oxygen atoms in total. The number of hydrogen-bond donors (Lipinski definition) is 4.